The van der Waals surface area contributed by atoms with Gasteiger partial charge in [-0.05, 0) is 37.8 Å². The molecule has 1 aromatic rings. The van der Waals surface area contributed by atoms with Crippen molar-refractivity contribution in [2.45, 2.75) is 52.4 Å². The van der Waals surface area contributed by atoms with Crippen molar-refractivity contribution in [2.24, 2.45) is 5.41 Å². The lowest BCUT2D eigenvalue weighted by molar-refractivity contribution is -0.122. The third kappa shape index (κ3) is 4.19. The molecule has 1 aliphatic rings. The van der Waals surface area contributed by atoms with Crippen molar-refractivity contribution in [2.75, 3.05) is 18.5 Å². The van der Waals surface area contributed by atoms with E-state index < -0.39 is 5.41 Å². The monoisotopic (exact) mass is 330 g/mol. The largest absolute Gasteiger partial charge is 0.490 e. The molecule has 1 aliphatic carbocycles. The molecule has 0 spiro atoms. The summed E-state index contributed by atoms with van der Waals surface area (Å²) in [5.74, 6) is 1.09. The van der Waals surface area contributed by atoms with E-state index in [1.165, 1.54) is 0 Å². The van der Waals surface area contributed by atoms with E-state index in [0.29, 0.717) is 43.2 Å². The first-order chi connectivity index (χ1) is 11.6. The summed E-state index contributed by atoms with van der Waals surface area (Å²) in [6.07, 6.45) is 4.92. The average molecular weight is 330 g/mol. The van der Waals surface area contributed by atoms with Crippen LogP contribution in [0.5, 0.6) is 11.5 Å². The summed E-state index contributed by atoms with van der Waals surface area (Å²) >= 11 is 0. The van der Waals surface area contributed by atoms with E-state index in [9.17, 15) is 10.1 Å². The normalized spacial score (nSPS) is 15.5. The standard InChI is InChI=1S/C19H26N2O3/c1-3-11-23-16-8-7-15(13-17(16)24-12-4-2)21-18(22)19(14-20)9-5-6-10-19/h7-8,13H,3-6,9-12H2,1-2H3,(H,21,22). The number of carbonyl (C=O) groups is 1. The molecule has 0 unspecified atom stereocenters. The van der Waals surface area contributed by atoms with Gasteiger partial charge in [-0.15, -0.1) is 0 Å². The van der Waals surface area contributed by atoms with Crippen molar-refractivity contribution in [3.8, 4) is 17.6 Å². The smallest absolute Gasteiger partial charge is 0.244 e. The van der Waals surface area contributed by atoms with Crippen molar-refractivity contribution in [1.29, 1.82) is 5.26 Å². The summed E-state index contributed by atoms with van der Waals surface area (Å²) in [6.45, 7) is 5.28. The number of rotatable bonds is 8. The molecule has 2 rings (SSSR count). The minimum atomic E-state index is -0.887. The zero-order valence-electron chi connectivity index (χ0n) is 14.6. The second-order valence-electron chi connectivity index (χ2n) is 6.21. The Labute approximate surface area is 144 Å². The zero-order chi connectivity index (χ0) is 17.4. The lowest BCUT2D eigenvalue weighted by atomic mass is 9.87. The Morgan fingerprint density at radius 3 is 2.38 bits per heavy atom. The SMILES string of the molecule is CCCOc1ccc(NC(=O)C2(C#N)CCCC2)cc1OCCC. The molecular weight excluding hydrogens is 304 g/mol. The predicted octanol–water partition coefficient (Wildman–Crippen LogP) is 4.29. The van der Waals surface area contributed by atoms with Crippen LogP contribution in [-0.4, -0.2) is 19.1 Å². The van der Waals surface area contributed by atoms with Gasteiger partial charge in [-0.2, -0.15) is 5.26 Å². The number of hydrogen-bond donors (Lipinski definition) is 1. The zero-order valence-corrected chi connectivity index (χ0v) is 14.6. The predicted molar refractivity (Wildman–Crippen MR) is 93.2 cm³/mol. The quantitative estimate of drug-likeness (QED) is 0.772. The van der Waals surface area contributed by atoms with Crippen LogP contribution in [0.2, 0.25) is 0 Å². The number of benzene rings is 1. The van der Waals surface area contributed by atoms with E-state index in [-0.39, 0.29) is 5.91 Å². The maximum atomic E-state index is 12.5. The van der Waals surface area contributed by atoms with Gasteiger partial charge < -0.3 is 14.8 Å². The van der Waals surface area contributed by atoms with Crippen LogP contribution in [0.15, 0.2) is 18.2 Å². The van der Waals surface area contributed by atoms with Crippen LogP contribution in [0, 0.1) is 16.7 Å². The topological polar surface area (TPSA) is 71.3 Å². The van der Waals surface area contributed by atoms with Crippen LogP contribution in [0.4, 0.5) is 5.69 Å². The maximum Gasteiger partial charge on any atom is 0.244 e. The van der Waals surface area contributed by atoms with Crippen molar-refractivity contribution in [1.82, 2.24) is 0 Å². The molecule has 130 valence electrons. The minimum absolute atomic E-state index is 0.217. The fourth-order valence-corrected chi connectivity index (χ4v) is 2.86. The van der Waals surface area contributed by atoms with E-state index in [1.807, 2.05) is 19.9 Å². The second-order valence-corrected chi connectivity index (χ2v) is 6.21. The Morgan fingerprint density at radius 2 is 1.79 bits per heavy atom. The Morgan fingerprint density at radius 1 is 1.17 bits per heavy atom. The molecule has 5 nitrogen and oxygen atoms in total. The fourth-order valence-electron chi connectivity index (χ4n) is 2.86. The number of nitrogens with one attached hydrogen (secondary N) is 1. The summed E-state index contributed by atoms with van der Waals surface area (Å²) in [5, 5.41) is 12.3. The Bertz CT molecular complexity index is 601. The molecule has 0 heterocycles. The third-order valence-corrected chi connectivity index (χ3v) is 4.23. The van der Waals surface area contributed by atoms with Crippen molar-refractivity contribution < 1.29 is 14.3 Å². The summed E-state index contributed by atoms with van der Waals surface area (Å²) in [6, 6.07) is 7.60. The van der Waals surface area contributed by atoms with E-state index in [0.717, 1.165) is 25.7 Å². The molecule has 0 bridgehead atoms. The number of hydrogen-bond acceptors (Lipinski definition) is 4. The Kier molecular flexibility index (Phi) is 6.48. The minimum Gasteiger partial charge on any atom is -0.490 e. The number of amides is 1. The first kappa shape index (κ1) is 18.1. The molecule has 1 aromatic carbocycles. The van der Waals surface area contributed by atoms with Crippen LogP contribution in [-0.2, 0) is 4.79 Å². The molecule has 0 saturated heterocycles. The molecule has 1 saturated carbocycles. The molecule has 0 atom stereocenters. The molecule has 0 radical (unpaired) electrons. The van der Waals surface area contributed by atoms with Gasteiger partial charge in [0.25, 0.3) is 0 Å². The van der Waals surface area contributed by atoms with E-state index in [1.54, 1.807) is 12.1 Å². The van der Waals surface area contributed by atoms with Crippen LogP contribution >= 0.6 is 0 Å². The Balaban J connectivity index is 2.15. The van der Waals surface area contributed by atoms with Gasteiger partial charge in [0.15, 0.2) is 11.5 Å². The van der Waals surface area contributed by atoms with Crippen LogP contribution in [0.3, 0.4) is 0 Å². The molecule has 5 heteroatoms. The van der Waals surface area contributed by atoms with Crippen molar-refractivity contribution >= 4 is 11.6 Å². The van der Waals surface area contributed by atoms with Gasteiger partial charge >= 0.3 is 0 Å². The number of anilines is 1. The molecule has 0 aliphatic heterocycles. The lowest BCUT2D eigenvalue weighted by Gasteiger charge is -2.20. The molecular formula is C19H26N2O3. The fraction of sp³-hybridized carbons (Fsp3) is 0.579. The highest BCUT2D eigenvalue weighted by Crippen LogP contribution is 2.39. The van der Waals surface area contributed by atoms with Gasteiger partial charge in [0.05, 0.1) is 19.3 Å². The summed E-state index contributed by atoms with van der Waals surface area (Å²) in [7, 11) is 0. The molecule has 1 fully saturated rings. The Hall–Kier alpha value is -2.22. The third-order valence-electron chi connectivity index (χ3n) is 4.23. The van der Waals surface area contributed by atoms with Gasteiger partial charge in [0.2, 0.25) is 5.91 Å². The molecule has 0 aromatic heterocycles. The molecule has 24 heavy (non-hydrogen) atoms. The average Bonchev–Trinajstić information content (AvgIpc) is 3.09. The number of nitriles is 1. The van der Waals surface area contributed by atoms with Gasteiger partial charge in [-0.3, -0.25) is 4.79 Å². The summed E-state index contributed by atoms with van der Waals surface area (Å²) in [4.78, 5) is 12.5. The second kappa shape index (κ2) is 8.58. The van der Waals surface area contributed by atoms with Crippen LogP contribution in [0.1, 0.15) is 52.4 Å². The van der Waals surface area contributed by atoms with E-state index in [2.05, 4.69) is 11.4 Å². The van der Waals surface area contributed by atoms with Crippen LogP contribution in [0.25, 0.3) is 0 Å². The first-order valence-corrected chi connectivity index (χ1v) is 8.77. The van der Waals surface area contributed by atoms with E-state index in [4.69, 9.17) is 9.47 Å². The van der Waals surface area contributed by atoms with Gasteiger partial charge in [0, 0.05) is 11.8 Å². The summed E-state index contributed by atoms with van der Waals surface area (Å²) < 4.78 is 11.4. The van der Waals surface area contributed by atoms with Gasteiger partial charge in [-0.25, -0.2) is 0 Å². The van der Waals surface area contributed by atoms with Gasteiger partial charge in [0.1, 0.15) is 5.41 Å². The highest BCUT2D eigenvalue weighted by atomic mass is 16.5. The maximum absolute atomic E-state index is 12.5. The number of carbonyl (C=O) groups excluding carboxylic acids is 1. The molecule has 1 amide bonds. The van der Waals surface area contributed by atoms with Crippen molar-refractivity contribution in [3.63, 3.8) is 0 Å². The summed E-state index contributed by atoms with van der Waals surface area (Å²) in [5.41, 5.74) is -0.251. The highest BCUT2D eigenvalue weighted by Gasteiger charge is 2.41. The highest BCUT2D eigenvalue weighted by molar-refractivity contribution is 5.97. The lowest BCUT2D eigenvalue weighted by Crippen LogP contribution is -2.32. The van der Waals surface area contributed by atoms with Crippen molar-refractivity contribution in [3.05, 3.63) is 18.2 Å². The van der Waals surface area contributed by atoms with Crippen LogP contribution < -0.4 is 14.8 Å². The first-order valence-electron chi connectivity index (χ1n) is 8.77. The number of ether oxygens (including phenoxy) is 2. The number of nitrogens with zero attached hydrogens (tertiary/aromatic N) is 1. The van der Waals surface area contributed by atoms with Gasteiger partial charge in [-0.1, -0.05) is 26.7 Å². The van der Waals surface area contributed by atoms with E-state index >= 15 is 0 Å². The molecule has 1 N–H and O–H groups in total.